The molecule has 1 heterocycles. The highest BCUT2D eigenvalue weighted by Gasteiger charge is 2.32. The Balaban J connectivity index is 2.27. The van der Waals surface area contributed by atoms with Crippen molar-refractivity contribution in [2.45, 2.75) is 13.1 Å². The molecule has 106 valence electrons. The number of carbonyl (C=O) groups is 1. The fourth-order valence-electron chi connectivity index (χ4n) is 1.65. The quantitative estimate of drug-likeness (QED) is 0.790. The second-order valence-corrected chi connectivity index (χ2v) is 5.85. The van der Waals surface area contributed by atoms with Crippen LogP contribution < -0.4 is 5.32 Å². The number of thiophene rings is 1. The first kappa shape index (κ1) is 15.1. The first-order valence-corrected chi connectivity index (χ1v) is 7.18. The standard InChI is InChI=1S/C13H9BrF3NOS/c1-7-2-3-8(6-9(7)13(15,16)17)18-12(19)11-10(14)4-5-20-11/h2-6H,1H3,(H,18,19). The number of benzene rings is 1. The lowest BCUT2D eigenvalue weighted by molar-refractivity contribution is -0.138. The first-order valence-electron chi connectivity index (χ1n) is 5.51. The van der Waals surface area contributed by atoms with Crippen LogP contribution in [0, 0.1) is 6.92 Å². The van der Waals surface area contributed by atoms with Gasteiger partial charge < -0.3 is 5.32 Å². The molecule has 2 nitrogen and oxygen atoms in total. The van der Waals surface area contributed by atoms with Crippen LogP contribution in [0.15, 0.2) is 34.1 Å². The van der Waals surface area contributed by atoms with Crippen LogP contribution in [0.5, 0.6) is 0 Å². The smallest absolute Gasteiger partial charge is 0.321 e. The number of hydrogen-bond acceptors (Lipinski definition) is 2. The molecule has 0 saturated carbocycles. The fraction of sp³-hybridized carbons (Fsp3) is 0.154. The Morgan fingerprint density at radius 3 is 2.55 bits per heavy atom. The number of carbonyl (C=O) groups excluding carboxylic acids is 1. The van der Waals surface area contributed by atoms with Crippen molar-refractivity contribution in [3.05, 3.63) is 50.1 Å². The molecule has 1 N–H and O–H groups in total. The van der Waals surface area contributed by atoms with Crippen molar-refractivity contribution >= 4 is 38.9 Å². The van der Waals surface area contributed by atoms with Crippen LogP contribution in [0.4, 0.5) is 18.9 Å². The fourth-order valence-corrected chi connectivity index (χ4v) is 3.10. The second-order valence-electron chi connectivity index (χ2n) is 4.08. The highest BCUT2D eigenvalue weighted by atomic mass is 79.9. The van der Waals surface area contributed by atoms with E-state index in [0.29, 0.717) is 9.35 Å². The molecule has 0 aliphatic heterocycles. The number of aryl methyl sites for hydroxylation is 1. The molecule has 0 unspecified atom stereocenters. The number of anilines is 1. The Bertz CT molecular complexity index is 651. The van der Waals surface area contributed by atoms with Crippen LogP contribution in [0.3, 0.4) is 0 Å². The predicted octanol–water partition coefficient (Wildman–Crippen LogP) is 5.09. The summed E-state index contributed by atoms with van der Waals surface area (Å²) in [6.07, 6.45) is -4.44. The molecule has 1 amide bonds. The molecule has 1 aromatic heterocycles. The van der Waals surface area contributed by atoms with Crippen molar-refractivity contribution in [2.24, 2.45) is 0 Å². The Morgan fingerprint density at radius 1 is 1.30 bits per heavy atom. The summed E-state index contributed by atoms with van der Waals surface area (Å²) in [6, 6.07) is 5.43. The summed E-state index contributed by atoms with van der Waals surface area (Å²) in [5, 5.41) is 4.18. The van der Waals surface area contributed by atoms with Crippen LogP contribution in [0.25, 0.3) is 0 Å². The number of rotatable bonds is 2. The highest BCUT2D eigenvalue weighted by Crippen LogP contribution is 2.33. The van der Waals surface area contributed by atoms with Crippen molar-refractivity contribution in [2.75, 3.05) is 5.32 Å². The zero-order chi connectivity index (χ0) is 14.9. The minimum atomic E-state index is -4.44. The van der Waals surface area contributed by atoms with Gasteiger partial charge in [0.05, 0.1) is 5.56 Å². The normalized spacial score (nSPS) is 11.4. The van der Waals surface area contributed by atoms with Crippen LogP contribution in [-0.4, -0.2) is 5.91 Å². The van der Waals surface area contributed by atoms with Gasteiger partial charge in [-0.2, -0.15) is 13.2 Å². The Hall–Kier alpha value is -1.34. The molecule has 0 atom stereocenters. The molecule has 2 rings (SSSR count). The van der Waals surface area contributed by atoms with E-state index in [2.05, 4.69) is 21.2 Å². The largest absolute Gasteiger partial charge is 0.416 e. The van der Waals surface area contributed by atoms with Gasteiger partial charge in [-0.05, 0) is 52.0 Å². The lowest BCUT2D eigenvalue weighted by Gasteiger charge is -2.12. The first-order chi connectivity index (χ1) is 9.29. The lowest BCUT2D eigenvalue weighted by atomic mass is 10.1. The van der Waals surface area contributed by atoms with E-state index in [1.54, 1.807) is 11.4 Å². The molecule has 0 aliphatic carbocycles. The van der Waals surface area contributed by atoms with E-state index in [1.165, 1.54) is 30.4 Å². The zero-order valence-corrected chi connectivity index (χ0v) is 12.6. The summed E-state index contributed by atoms with van der Waals surface area (Å²) in [4.78, 5) is 12.3. The van der Waals surface area contributed by atoms with Crippen molar-refractivity contribution in [1.82, 2.24) is 0 Å². The maximum Gasteiger partial charge on any atom is 0.416 e. The molecule has 0 aliphatic rings. The zero-order valence-electron chi connectivity index (χ0n) is 10.2. The third-order valence-electron chi connectivity index (χ3n) is 2.62. The van der Waals surface area contributed by atoms with Gasteiger partial charge in [0, 0.05) is 10.2 Å². The Kier molecular flexibility index (Phi) is 4.19. The molecule has 2 aromatic rings. The maximum atomic E-state index is 12.8. The minimum absolute atomic E-state index is 0.118. The molecule has 0 bridgehead atoms. The van der Waals surface area contributed by atoms with Crippen molar-refractivity contribution in [1.29, 1.82) is 0 Å². The summed E-state index contributed by atoms with van der Waals surface area (Å²) in [5.41, 5.74) is -0.512. The average molecular weight is 364 g/mol. The summed E-state index contributed by atoms with van der Waals surface area (Å²) in [6.45, 7) is 1.38. The summed E-state index contributed by atoms with van der Waals surface area (Å²) in [7, 11) is 0. The van der Waals surface area contributed by atoms with E-state index in [4.69, 9.17) is 0 Å². The van der Waals surface area contributed by atoms with Gasteiger partial charge in [-0.25, -0.2) is 0 Å². The van der Waals surface area contributed by atoms with Gasteiger partial charge in [0.25, 0.3) is 5.91 Å². The van der Waals surface area contributed by atoms with Crippen LogP contribution in [0.2, 0.25) is 0 Å². The van der Waals surface area contributed by atoms with E-state index in [0.717, 1.165) is 6.07 Å². The topological polar surface area (TPSA) is 29.1 Å². The molecule has 0 radical (unpaired) electrons. The molecule has 7 heteroatoms. The number of alkyl halides is 3. The number of nitrogens with one attached hydrogen (secondary N) is 1. The van der Waals surface area contributed by atoms with E-state index in [-0.39, 0.29) is 11.3 Å². The molecule has 0 fully saturated rings. The third kappa shape index (κ3) is 3.21. The van der Waals surface area contributed by atoms with Crippen LogP contribution in [0.1, 0.15) is 20.8 Å². The summed E-state index contributed by atoms with van der Waals surface area (Å²) >= 11 is 4.42. The monoisotopic (exact) mass is 363 g/mol. The second kappa shape index (κ2) is 5.57. The van der Waals surface area contributed by atoms with Gasteiger partial charge in [-0.1, -0.05) is 6.07 Å². The van der Waals surface area contributed by atoms with Crippen LogP contribution >= 0.6 is 27.3 Å². The minimum Gasteiger partial charge on any atom is -0.321 e. The molecule has 1 aromatic carbocycles. The predicted molar refractivity (Wildman–Crippen MR) is 76.2 cm³/mol. The van der Waals surface area contributed by atoms with Gasteiger partial charge in [0.1, 0.15) is 4.88 Å². The number of hydrogen-bond donors (Lipinski definition) is 1. The van der Waals surface area contributed by atoms with Gasteiger partial charge in [-0.15, -0.1) is 11.3 Å². The van der Waals surface area contributed by atoms with Gasteiger partial charge in [0.2, 0.25) is 0 Å². The van der Waals surface area contributed by atoms with Crippen LogP contribution in [-0.2, 0) is 6.18 Å². The lowest BCUT2D eigenvalue weighted by Crippen LogP contribution is -2.13. The van der Waals surface area contributed by atoms with Crippen molar-refractivity contribution in [3.63, 3.8) is 0 Å². The molecule has 20 heavy (non-hydrogen) atoms. The molecule has 0 saturated heterocycles. The molecular formula is C13H9BrF3NOS. The highest BCUT2D eigenvalue weighted by molar-refractivity contribution is 9.10. The average Bonchev–Trinajstić information content (AvgIpc) is 2.76. The SMILES string of the molecule is Cc1ccc(NC(=O)c2sccc2Br)cc1C(F)(F)F. The third-order valence-corrected chi connectivity index (χ3v) is 4.46. The van der Waals surface area contributed by atoms with Gasteiger partial charge in [0.15, 0.2) is 0 Å². The Labute approximate surface area is 125 Å². The molecule has 0 spiro atoms. The number of amides is 1. The summed E-state index contributed by atoms with van der Waals surface area (Å²) < 4.78 is 39.0. The number of halogens is 4. The van der Waals surface area contributed by atoms with Gasteiger partial charge >= 0.3 is 6.18 Å². The van der Waals surface area contributed by atoms with Gasteiger partial charge in [-0.3, -0.25) is 4.79 Å². The van der Waals surface area contributed by atoms with E-state index in [1.807, 2.05) is 0 Å². The van der Waals surface area contributed by atoms with Crippen molar-refractivity contribution < 1.29 is 18.0 Å². The van der Waals surface area contributed by atoms with E-state index in [9.17, 15) is 18.0 Å². The van der Waals surface area contributed by atoms with Crippen molar-refractivity contribution in [3.8, 4) is 0 Å². The molecular weight excluding hydrogens is 355 g/mol. The maximum absolute atomic E-state index is 12.8. The summed E-state index contributed by atoms with van der Waals surface area (Å²) in [5.74, 6) is -0.441. The van der Waals surface area contributed by atoms with E-state index >= 15 is 0 Å². The Morgan fingerprint density at radius 2 is 2.00 bits per heavy atom. The van der Waals surface area contributed by atoms with E-state index < -0.39 is 17.6 Å².